The van der Waals surface area contributed by atoms with E-state index in [1.165, 1.54) is 5.56 Å². The summed E-state index contributed by atoms with van der Waals surface area (Å²) in [4.78, 5) is 12.0. The molecular weight excluding hydrogens is 284 g/mol. The highest BCUT2D eigenvalue weighted by molar-refractivity contribution is 6.07. The molecule has 2 aromatic carbocycles. The first-order valence-corrected chi connectivity index (χ1v) is 7.74. The second-order valence-corrected chi connectivity index (χ2v) is 5.70. The molecule has 0 radical (unpaired) electrons. The molecule has 1 heterocycles. The van der Waals surface area contributed by atoms with Gasteiger partial charge in [0.1, 0.15) is 0 Å². The van der Waals surface area contributed by atoms with E-state index in [2.05, 4.69) is 23.6 Å². The fourth-order valence-electron chi connectivity index (χ4n) is 3.01. The first-order valence-electron chi connectivity index (χ1n) is 7.74. The Balaban J connectivity index is 2.12. The van der Waals surface area contributed by atoms with Gasteiger partial charge < -0.3 is 4.57 Å². The van der Waals surface area contributed by atoms with Gasteiger partial charge in [-0.1, -0.05) is 37.3 Å². The van der Waals surface area contributed by atoms with Gasteiger partial charge in [0.05, 0.1) is 17.1 Å². The Morgan fingerprint density at radius 2 is 1.91 bits per heavy atom. The molecule has 1 aromatic heterocycles. The lowest BCUT2D eigenvalue weighted by atomic mass is 10.1. The molecule has 3 heteroatoms. The van der Waals surface area contributed by atoms with Gasteiger partial charge in [0.15, 0.2) is 5.78 Å². The van der Waals surface area contributed by atoms with Crippen LogP contribution in [0.1, 0.15) is 40.9 Å². The molecular formula is C20H18N2O. The van der Waals surface area contributed by atoms with Crippen molar-refractivity contribution in [3.05, 3.63) is 70.9 Å². The zero-order chi connectivity index (χ0) is 16.4. The summed E-state index contributed by atoms with van der Waals surface area (Å²) in [6, 6.07) is 15.9. The number of carbonyl (C=O) groups is 1. The molecule has 0 aliphatic heterocycles. The molecule has 23 heavy (non-hydrogen) atoms. The van der Waals surface area contributed by atoms with Crippen molar-refractivity contribution in [1.82, 2.24) is 4.57 Å². The monoisotopic (exact) mass is 302 g/mol. The predicted octanol–water partition coefficient (Wildman–Crippen LogP) is 4.33. The van der Waals surface area contributed by atoms with E-state index >= 15 is 0 Å². The van der Waals surface area contributed by atoms with Gasteiger partial charge >= 0.3 is 0 Å². The average molecular weight is 302 g/mol. The Kier molecular flexibility index (Phi) is 3.99. The zero-order valence-corrected chi connectivity index (χ0v) is 13.3. The van der Waals surface area contributed by atoms with E-state index in [0.717, 1.165) is 28.5 Å². The number of para-hydroxylation sites is 1. The minimum Gasteiger partial charge on any atom is -0.342 e. The summed E-state index contributed by atoms with van der Waals surface area (Å²) in [5, 5.41) is 9.92. The number of aryl methyl sites for hydroxylation is 1. The fourth-order valence-corrected chi connectivity index (χ4v) is 3.01. The predicted molar refractivity (Wildman–Crippen MR) is 91.6 cm³/mol. The van der Waals surface area contributed by atoms with Gasteiger partial charge in [0.2, 0.25) is 0 Å². The van der Waals surface area contributed by atoms with Crippen LogP contribution in [0.4, 0.5) is 0 Å². The maximum absolute atomic E-state index is 12.0. The molecule has 0 atom stereocenters. The lowest BCUT2D eigenvalue weighted by Crippen LogP contribution is -2.00. The Bertz CT molecular complexity index is 911. The number of aromatic nitrogens is 1. The molecule has 0 bridgehead atoms. The first-order chi connectivity index (χ1) is 11.1. The van der Waals surface area contributed by atoms with Crippen LogP contribution in [0.25, 0.3) is 10.9 Å². The van der Waals surface area contributed by atoms with Crippen LogP contribution >= 0.6 is 0 Å². The summed E-state index contributed by atoms with van der Waals surface area (Å²) < 4.78 is 2.15. The lowest BCUT2D eigenvalue weighted by Gasteiger charge is -2.09. The first kappa shape index (κ1) is 15.1. The van der Waals surface area contributed by atoms with Gasteiger partial charge in [-0.25, -0.2) is 0 Å². The van der Waals surface area contributed by atoms with Gasteiger partial charge in [-0.05, 0) is 36.6 Å². The summed E-state index contributed by atoms with van der Waals surface area (Å²) in [6.45, 7) is 4.42. The molecule has 0 saturated heterocycles. The van der Waals surface area contributed by atoms with Crippen molar-refractivity contribution in [2.45, 2.75) is 26.8 Å². The molecule has 3 nitrogen and oxygen atoms in total. The highest BCUT2D eigenvalue weighted by atomic mass is 16.1. The van der Waals surface area contributed by atoms with Crippen molar-refractivity contribution < 1.29 is 4.79 Å². The number of nitrogens with zero attached hydrogens (tertiary/aromatic N) is 2. The number of fused-ring (bicyclic) bond motifs is 1. The normalized spacial score (nSPS) is 10.7. The van der Waals surface area contributed by atoms with Crippen LogP contribution in [-0.2, 0) is 13.0 Å². The third-order valence-electron chi connectivity index (χ3n) is 4.18. The molecule has 0 fully saturated rings. The SMILES string of the molecule is CCc1cccc2c(C(C)=O)cn(Cc3ccc(C#N)cc3)c12. The lowest BCUT2D eigenvalue weighted by molar-refractivity contribution is 0.101. The van der Waals surface area contributed by atoms with E-state index in [4.69, 9.17) is 5.26 Å². The van der Waals surface area contributed by atoms with Gasteiger partial charge in [0.25, 0.3) is 0 Å². The summed E-state index contributed by atoms with van der Waals surface area (Å²) in [7, 11) is 0. The van der Waals surface area contributed by atoms with E-state index in [0.29, 0.717) is 12.1 Å². The van der Waals surface area contributed by atoms with Gasteiger partial charge in [-0.3, -0.25) is 4.79 Å². The maximum Gasteiger partial charge on any atom is 0.161 e. The Morgan fingerprint density at radius 3 is 2.52 bits per heavy atom. The van der Waals surface area contributed by atoms with Crippen LogP contribution < -0.4 is 0 Å². The molecule has 3 aromatic rings. The summed E-state index contributed by atoms with van der Waals surface area (Å²) in [5.41, 5.74) is 4.91. The molecule has 3 rings (SSSR count). The minimum absolute atomic E-state index is 0.0850. The second-order valence-electron chi connectivity index (χ2n) is 5.70. The molecule has 0 amide bonds. The van der Waals surface area contributed by atoms with Crippen LogP contribution in [0, 0.1) is 11.3 Å². The third-order valence-corrected chi connectivity index (χ3v) is 4.18. The summed E-state index contributed by atoms with van der Waals surface area (Å²) >= 11 is 0. The molecule has 114 valence electrons. The van der Waals surface area contributed by atoms with E-state index in [-0.39, 0.29) is 5.78 Å². The van der Waals surface area contributed by atoms with Gasteiger partial charge in [-0.15, -0.1) is 0 Å². The number of hydrogen-bond acceptors (Lipinski definition) is 2. The van der Waals surface area contributed by atoms with Crippen molar-refractivity contribution in [2.75, 3.05) is 0 Å². The average Bonchev–Trinajstić information content (AvgIpc) is 2.94. The van der Waals surface area contributed by atoms with Crippen LogP contribution in [0.2, 0.25) is 0 Å². The number of hydrogen-bond donors (Lipinski definition) is 0. The molecule has 0 aliphatic rings. The fraction of sp³-hybridized carbons (Fsp3) is 0.200. The van der Waals surface area contributed by atoms with E-state index in [1.54, 1.807) is 6.92 Å². The van der Waals surface area contributed by atoms with Gasteiger partial charge in [0, 0.05) is 23.7 Å². The summed E-state index contributed by atoms with van der Waals surface area (Å²) in [6.07, 6.45) is 2.87. The van der Waals surface area contributed by atoms with E-state index in [9.17, 15) is 4.79 Å². The number of nitriles is 1. The van der Waals surface area contributed by atoms with Crippen LogP contribution in [-0.4, -0.2) is 10.4 Å². The Morgan fingerprint density at radius 1 is 1.17 bits per heavy atom. The largest absolute Gasteiger partial charge is 0.342 e. The quantitative estimate of drug-likeness (QED) is 0.673. The molecule has 0 aliphatic carbocycles. The zero-order valence-electron chi connectivity index (χ0n) is 13.3. The van der Waals surface area contributed by atoms with Crippen LogP contribution in [0.5, 0.6) is 0 Å². The number of carbonyl (C=O) groups excluding carboxylic acids is 1. The number of Topliss-reactive ketones (excluding diaryl/α,β-unsaturated/α-hetero) is 1. The molecule has 0 unspecified atom stereocenters. The third kappa shape index (κ3) is 2.76. The van der Waals surface area contributed by atoms with Crippen LogP contribution in [0.15, 0.2) is 48.7 Å². The standard InChI is InChI=1S/C20H18N2O/c1-3-17-5-4-6-18-19(14(2)23)13-22(20(17)18)12-16-9-7-15(11-21)8-10-16/h4-10,13H,3,12H2,1-2H3. The molecule has 0 saturated carbocycles. The Labute approximate surface area is 135 Å². The summed E-state index contributed by atoms with van der Waals surface area (Å²) in [5.74, 6) is 0.0850. The molecule has 0 N–H and O–H groups in total. The molecule has 0 spiro atoms. The van der Waals surface area contributed by atoms with E-state index in [1.807, 2.05) is 42.6 Å². The van der Waals surface area contributed by atoms with Crippen molar-refractivity contribution in [1.29, 1.82) is 5.26 Å². The highest BCUT2D eigenvalue weighted by Crippen LogP contribution is 2.26. The maximum atomic E-state index is 12.0. The Hall–Kier alpha value is -2.86. The van der Waals surface area contributed by atoms with Crippen molar-refractivity contribution in [3.8, 4) is 6.07 Å². The highest BCUT2D eigenvalue weighted by Gasteiger charge is 2.14. The van der Waals surface area contributed by atoms with Crippen molar-refractivity contribution in [3.63, 3.8) is 0 Å². The minimum atomic E-state index is 0.0850. The number of benzene rings is 2. The van der Waals surface area contributed by atoms with Crippen molar-refractivity contribution >= 4 is 16.7 Å². The van der Waals surface area contributed by atoms with E-state index < -0.39 is 0 Å². The van der Waals surface area contributed by atoms with Gasteiger partial charge in [-0.2, -0.15) is 5.26 Å². The number of rotatable bonds is 4. The smallest absolute Gasteiger partial charge is 0.161 e. The number of ketones is 1. The van der Waals surface area contributed by atoms with Crippen molar-refractivity contribution in [2.24, 2.45) is 0 Å². The second kappa shape index (κ2) is 6.10. The topological polar surface area (TPSA) is 45.8 Å². The van der Waals surface area contributed by atoms with Crippen LogP contribution in [0.3, 0.4) is 0 Å².